The van der Waals surface area contributed by atoms with E-state index in [1.165, 1.54) is 29.9 Å². The summed E-state index contributed by atoms with van der Waals surface area (Å²) in [5, 5.41) is 13.7. The molecule has 1 heterocycles. The predicted molar refractivity (Wildman–Crippen MR) is 94.3 cm³/mol. The van der Waals surface area contributed by atoms with Crippen molar-refractivity contribution in [2.75, 3.05) is 12.4 Å². The number of nitro groups is 1. The summed E-state index contributed by atoms with van der Waals surface area (Å²) >= 11 is 0. The highest BCUT2D eigenvalue weighted by atomic mass is 16.6. The molecule has 26 heavy (non-hydrogen) atoms. The van der Waals surface area contributed by atoms with Gasteiger partial charge in [-0.15, -0.1) is 0 Å². The molecule has 1 aromatic heterocycles. The van der Waals surface area contributed by atoms with Crippen LogP contribution >= 0.6 is 0 Å². The fourth-order valence-electron chi connectivity index (χ4n) is 2.51. The van der Waals surface area contributed by atoms with Crippen molar-refractivity contribution in [1.82, 2.24) is 9.55 Å². The van der Waals surface area contributed by atoms with Gasteiger partial charge in [-0.25, -0.2) is 4.98 Å². The predicted octanol–water partition coefficient (Wildman–Crippen LogP) is 1.95. The van der Waals surface area contributed by atoms with Gasteiger partial charge in [0.25, 0.3) is 11.2 Å². The van der Waals surface area contributed by atoms with Gasteiger partial charge in [-0.1, -0.05) is 12.1 Å². The average molecular weight is 354 g/mol. The minimum absolute atomic E-state index is 0.0206. The van der Waals surface area contributed by atoms with Crippen LogP contribution in [0.4, 0.5) is 11.4 Å². The lowest BCUT2D eigenvalue weighted by molar-refractivity contribution is -0.384. The second kappa shape index (κ2) is 7.01. The van der Waals surface area contributed by atoms with Crippen molar-refractivity contribution < 1.29 is 14.5 Å². The number of para-hydroxylation sites is 2. The summed E-state index contributed by atoms with van der Waals surface area (Å²) in [4.78, 5) is 39.0. The molecule has 132 valence electrons. The van der Waals surface area contributed by atoms with E-state index < -0.39 is 16.4 Å². The first-order chi connectivity index (χ1) is 12.5. The summed E-state index contributed by atoms with van der Waals surface area (Å²) < 4.78 is 6.21. The van der Waals surface area contributed by atoms with Crippen molar-refractivity contribution in [2.45, 2.75) is 6.54 Å². The summed E-state index contributed by atoms with van der Waals surface area (Å²) in [5.74, 6) is -0.275. The van der Waals surface area contributed by atoms with Crippen LogP contribution in [0.15, 0.2) is 53.5 Å². The number of carbonyl (C=O) groups is 1. The molecule has 2 aromatic carbocycles. The smallest absolute Gasteiger partial charge is 0.296 e. The highest BCUT2D eigenvalue weighted by Gasteiger charge is 2.18. The zero-order chi connectivity index (χ0) is 18.7. The molecule has 1 amide bonds. The van der Waals surface area contributed by atoms with E-state index in [0.717, 1.165) is 6.20 Å². The first-order valence-corrected chi connectivity index (χ1v) is 7.56. The van der Waals surface area contributed by atoms with Gasteiger partial charge in [-0.3, -0.25) is 24.3 Å². The van der Waals surface area contributed by atoms with Crippen molar-refractivity contribution in [3.63, 3.8) is 0 Å². The molecule has 0 aliphatic heterocycles. The highest BCUT2D eigenvalue weighted by Crippen LogP contribution is 2.28. The monoisotopic (exact) mass is 354 g/mol. The Bertz CT molecular complexity index is 1060. The number of amides is 1. The largest absolute Gasteiger partial charge is 0.496 e. The summed E-state index contributed by atoms with van der Waals surface area (Å²) in [6, 6.07) is 11.0. The molecule has 0 aliphatic rings. The summed E-state index contributed by atoms with van der Waals surface area (Å²) in [6.07, 6.45) is 1.13. The van der Waals surface area contributed by atoms with Crippen molar-refractivity contribution >= 4 is 28.3 Å². The van der Waals surface area contributed by atoms with Crippen molar-refractivity contribution in [2.24, 2.45) is 0 Å². The molecule has 3 rings (SSSR count). The first-order valence-electron chi connectivity index (χ1n) is 7.56. The standard InChI is InChI=1S/C17H14N4O5/c1-26-11-6-7-13(15(8-11)21(24)25)19-16(22)10-20-14-5-3-2-4-12(14)18-9-17(20)23/h2-9H,10H2,1H3,(H,19,22). The number of nitro benzene ring substituents is 1. The van der Waals surface area contributed by atoms with E-state index in [1.807, 2.05) is 0 Å². The fraction of sp³-hybridized carbons (Fsp3) is 0.118. The summed E-state index contributed by atoms with van der Waals surface area (Å²) in [6.45, 7) is -0.301. The Morgan fingerprint density at radius 2 is 2.08 bits per heavy atom. The van der Waals surface area contributed by atoms with E-state index in [1.54, 1.807) is 24.3 Å². The Balaban J connectivity index is 1.90. The van der Waals surface area contributed by atoms with Crippen LogP contribution in [0, 0.1) is 10.1 Å². The minimum Gasteiger partial charge on any atom is -0.496 e. The van der Waals surface area contributed by atoms with Crippen molar-refractivity contribution in [3.8, 4) is 5.75 Å². The number of hydrogen-bond donors (Lipinski definition) is 1. The third-order valence-corrected chi connectivity index (χ3v) is 3.73. The maximum absolute atomic E-state index is 12.4. The zero-order valence-electron chi connectivity index (χ0n) is 13.7. The summed E-state index contributed by atoms with van der Waals surface area (Å²) in [7, 11) is 1.39. The maximum Gasteiger partial charge on any atom is 0.296 e. The van der Waals surface area contributed by atoms with Crippen LogP contribution in [0.2, 0.25) is 0 Å². The molecular formula is C17H14N4O5. The van der Waals surface area contributed by atoms with Gasteiger partial charge in [0.15, 0.2) is 0 Å². The molecule has 0 radical (unpaired) electrons. The number of methoxy groups -OCH3 is 1. The second-order valence-corrected chi connectivity index (χ2v) is 5.36. The molecular weight excluding hydrogens is 340 g/mol. The van der Waals surface area contributed by atoms with Gasteiger partial charge in [-0.2, -0.15) is 0 Å². The Hall–Kier alpha value is -3.75. The van der Waals surface area contributed by atoms with Crippen LogP contribution in [0.3, 0.4) is 0 Å². The Morgan fingerprint density at radius 3 is 2.81 bits per heavy atom. The second-order valence-electron chi connectivity index (χ2n) is 5.36. The van der Waals surface area contributed by atoms with Gasteiger partial charge < -0.3 is 10.1 Å². The molecule has 0 bridgehead atoms. The van der Waals surface area contributed by atoms with E-state index in [2.05, 4.69) is 10.3 Å². The van der Waals surface area contributed by atoms with Crippen LogP contribution in [-0.4, -0.2) is 27.5 Å². The quantitative estimate of drug-likeness (QED) is 0.553. The molecule has 0 saturated heterocycles. The number of nitrogens with zero attached hydrogens (tertiary/aromatic N) is 3. The van der Waals surface area contributed by atoms with Crippen LogP contribution in [0.1, 0.15) is 0 Å². The Labute approximate surface area is 147 Å². The van der Waals surface area contributed by atoms with E-state index in [0.29, 0.717) is 16.8 Å². The number of carbonyl (C=O) groups excluding carboxylic acids is 1. The SMILES string of the molecule is COc1ccc(NC(=O)Cn2c(=O)cnc3ccccc32)c([N+](=O)[O-])c1. The molecule has 0 saturated carbocycles. The fourth-order valence-corrected chi connectivity index (χ4v) is 2.51. The average Bonchev–Trinajstić information content (AvgIpc) is 2.64. The number of anilines is 1. The van der Waals surface area contributed by atoms with Gasteiger partial charge in [-0.05, 0) is 24.3 Å². The van der Waals surface area contributed by atoms with Gasteiger partial charge in [0, 0.05) is 0 Å². The number of nitrogens with one attached hydrogen (secondary N) is 1. The molecule has 0 spiro atoms. The molecule has 3 aromatic rings. The number of ether oxygens (including phenoxy) is 1. The third-order valence-electron chi connectivity index (χ3n) is 3.73. The maximum atomic E-state index is 12.4. The van der Waals surface area contributed by atoms with Gasteiger partial charge in [0.2, 0.25) is 5.91 Å². The zero-order valence-corrected chi connectivity index (χ0v) is 13.7. The number of rotatable bonds is 5. The van der Waals surface area contributed by atoms with Crippen LogP contribution in [-0.2, 0) is 11.3 Å². The summed E-state index contributed by atoms with van der Waals surface area (Å²) in [5.41, 5.74) is 0.342. The van der Waals surface area contributed by atoms with E-state index >= 15 is 0 Å². The Kier molecular flexibility index (Phi) is 4.61. The lowest BCUT2D eigenvalue weighted by Crippen LogP contribution is -2.28. The third kappa shape index (κ3) is 3.36. The molecule has 0 atom stereocenters. The van der Waals surface area contributed by atoms with Crippen molar-refractivity contribution in [1.29, 1.82) is 0 Å². The minimum atomic E-state index is -0.619. The lowest BCUT2D eigenvalue weighted by Gasteiger charge is -2.10. The number of benzene rings is 2. The molecule has 9 heteroatoms. The van der Waals surface area contributed by atoms with Gasteiger partial charge >= 0.3 is 0 Å². The lowest BCUT2D eigenvalue weighted by atomic mass is 10.2. The first kappa shape index (κ1) is 17.1. The Morgan fingerprint density at radius 1 is 1.31 bits per heavy atom. The topological polar surface area (TPSA) is 116 Å². The van der Waals surface area contributed by atoms with Crippen LogP contribution in [0.5, 0.6) is 5.75 Å². The highest BCUT2D eigenvalue weighted by molar-refractivity contribution is 5.93. The number of aromatic nitrogens is 2. The molecule has 9 nitrogen and oxygen atoms in total. The number of fused-ring (bicyclic) bond motifs is 1. The van der Waals surface area contributed by atoms with E-state index in [4.69, 9.17) is 4.74 Å². The van der Waals surface area contributed by atoms with E-state index in [9.17, 15) is 19.7 Å². The molecule has 0 aliphatic carbocycles. The van der Waals surface area contributed by atoms with Crippen LogP contribution < -0.4 is 15.6 Å². The van der Waals surface area contributed by atoms with Gasteiger partial charge in [0.05, 0.1) is 35.3 Å². The molecule has 0 unspecified atom stereocenters. The molecule has 0 fully saturated rings. The molecule has 1 N–H and O–H groups in total. The van der Waals surface area contributed by atoms with Gasteiger partial charge in [0.1, 0.15) is 18.0 Å². The van der Waals surface area contributed by atoms with Crippen molar-refractivity contribution in [3.05, 3.63) is 69.1 Å². The normalized spacial score (nSPS) is 10.5. The van der Waals surface area contributed by atoms with Crippen LogP contribution in [0.25, 0.3) is 11.0 Å². The number of hydrogen-bond acceptors (Lipinski definition) is 6. The van der Waals surface area contributed by atoms with E-state index in [-0.39, 0.29) is 17.9 Å².